The van der Waals surface area contributed by atoms with Crippen LogP contribution in [0.5, 0.6) is 0 Å². The van der Waals surface area contributed by atoms with Gasteiger partial charge in [-0.25, -0.2) is 15.0 Å². The second-order valence-electron chi connectivity index (χ2n) is 6.38. The first-order valence-electron chi connectivity index (χ1n) is 8.53. The molecule has 5 heteroatoms. The third-order valence-corrected chi connectivity index (χ3v) is 4.38. The molecule has 128 valence electrons. The predicted molar refractivity (Wildman–Crippen MR) is 101 cm³/mol. The normalized spacial score (nSPS) is 11.2. The van der Waals surface area contributed by atoms with Crippen molar-refractivity contribution in [3.63, 3.8) is 0 Å². The summed E-state index contributed by atoms with van der Waals surface area (Å²) in [5.74, 6) is -0.0312. The summed E-state index contributed by atoms with van der Waals surface area (Å²) >= 11 is 0. The van der Waals surface area contributed by atoms with Gasteiger partial charge in [0.05, 0.1) is 6.33 Å². The first kappa shape index (κ1) is 16.1. The molecule has 0 unspecified atom stereocenters. The second kappa shape index (κ2) is 6.52. The average molecular weight is 342 g/mol. The highest BCUT2D eigenvalue weighted by Gasteiger charge is 2.19. The molecule has 4 aromatic rings. The number of benzene rings is 2. The van der Waals surface area contributed by atoms with Crippen LogP contribution in [-0.2, 0) is 0 Å². The molecule has 0 aliphatic carbocycles. The SMILES string of the molecule is CC(C)n1cnc2c(-c3ccccc3C(=O)c3ccccc3)ncnc21. The Kier molecular flexibility index (Phi) is 4.05. The summed E-state index contributed by atoms with van der Waals surface area (Å²) in [6.45, 7) is 4.16. The first-order valence-corrected chi connectivity index (χ1v) is 8.53. The minimum absolute atomic E-state index is 0.0312. The summed E-state index contributed by atoms with van der Waals surface area (Å²) in [5.41, 5.74) is 4.18. The Morgan fingerprint density at radius 1 is 0.923 bits per heavy atom. The van der Waals surface area contributed by atoms with E-state index in [1.807, 2.05) is 59.2 Å². The highest BCUT2D eigenvalue weighted by Crippen LogP contribution is 2.29. The minimum Gasteiger partial charge on any atom is -0.313 e. The minimum atomic E-state index is -0.0312. The van der Waals surface area contributed by atoms with Crippen molar-refractivity contribution in [1.29, 1.82) is 0 Å². The number of nitrogens with zero attached hydrogens (tertiary/aromatic N) is 4. The van der Waals surface area contributed by atoms with Crippen LogP contribution in [0.3, 0.4) is 0 Å². The number of ketones is 1. The molecule has 0 amide bonds. The molecule has 2 aromatic carbocycles. The van der Waals surface area contributed by atoms with Crippen LogP contribution < -0.4 is 0 Å². The molecule has 0 atom stereocenters. The number of fused-ring (bicyclic) bond motifs is 1. The third kappa shape index (κ3) is 2.67. The molecule has 2 heterocycles. The lowest BCUT2D eigenvalue weighted by molar-refractivity contribution is 0.103. The quantitative estimate of drug-likeness (QED) is 0.519. The van der Waals surface area contributed by atoms with Crippen LogP contribution in [0.2, 0.25) is 0 Å². The van der Waals surface area contributed by atoms with Crippen LogP contribution in [0.25, 0.3) is 22.4 Å². The van der Waals surface area contributed by atoms with Crippen molar-refractivity contribution in [2.45, 2.75) is 19.9 Å². The predicted octanol–water partition coefficient (Wildman–Crippen LogP) is 4.31. The van der Waals surface area contributed by atoms with E-state index in [2.05, 4.69) is 28.8 Å². The Morgan fingerprint density at radius 2 is 1.65 bits per heavy atom. The van der Waals surface area contributed by atoms with Crippen molar-refractivity contribution < 1.29 is 4.79 Å². The summed E-state index contributed by atoms with van der Waals surface area (Å²) in [7, 11) is 0. The van der Waals surface area contributed by atoms with E-state index in [0.29, 0.717) is 22.3 Å². The van der Waals surface area contributed by atoms with Crippen molar-refractivity contribution in [1.82, 2.24) is 19.5 Å². The van der Waals surface area contributed by atoms with E-state index in [1.54, 1.807) is 6.33 Å². The molecule has 26 heavy (non-hydrogen) atoms. The maximum absolute atomic E-state index is 13.0. The van der Waals surface area contributed by atoms with Gasteiger partial charge in [0.1, 0.15) is 17.5 Å². The van der Waals surface area contributed by atoms with Crippen LogP contribution in [0.4, 0.5) is 0 Å². The molecule has 0 bridgehead atoms. The second-order valence-corrected chi connectivity index (χ2v) is 6.38. The van der Waals surface area contributed by atoms with E-state index in [1.165, 1.54) is 6.33 Å². The fraction of sp³-hybridized carbons (Fsp3) is 0.143. The van der Waals surface area contributed by atoms with Crippen LogP contribution in [0.1, 0.15) is 35.8 Å². The number of hydrogen-bond acceptors (Lipinski definition) is 4. The van der Waals surface area contributed by atoms with Gasteiger partial charge in [0.25, 0.3) is 0 Å². The van der Waals surface area contributed by atoms with E-state index < -0.39 is 0 Å². The average Bonchev–Trinajstić information content (AvgIpc) is 3.12. The monoisotopic (exact) mass is 342 g/mol. The molecular formula is C21H18N4O. The zero-order chi connectivity index (χ0) is 18.1. The lowest BCUT2D eigenvalue weighted by Gasteiger charge is -2.10. The topological polar surface area (TPSA) is 60.7 Å². The summed E-state index contributed by atoms with van der Waals surface area (Å²) in [6.07, 6.45) is 3.30. The molecule has 5 nitrogen and oxygen atoms in total. The van der Waals surface area contributed by atoms with Gasteiger partial charge in [-0.05, 0) is 13.8 Å². The number of aromatic nitrogens is 4. The number of rotatable bonds is 4. The van der Waals surface area contributed by atoms with Crippen molar-refractivity contribution in [2.24, 2.45) is 0 Å². The van der Waals surface area contributed by atoms with Gasteiger partial charge in [0.15, 0.2) is 11.4 Å². The van der Waals surface area contributed by atoms with Gasteiger partial charge in [-0.15, -0.1) is 0 Å². The van der Waals surface area contributed by atoms with E-state index in [4.69, 9.17) is 0 Å². The molecule has 0 aliphatic heterocycles. The summed E-state index contributed by atoms with van der Waals surface area (Å²) in [6, 6.07) is 17.0. The molecule has 0 aliphatic rings. The Balaban J connectivity index is 1.90. The molecule has 0 fully saturated rings. The number of carbonyl (C=O) groups excluding carboxylic acids is 1. The Labute approximate surface area is 151 Å². The van der Waals surface area contributed by atoms with Crippen molar-refractivity contribution in [3.8, 4) is 11.3 Å². The zero-order valence-electron chi connectivity index (χ0n) is 14.6. The summed E-state index contributed by atoms with van der Waals surface area (Å²) < 4.78 is 2.00. The third-order valence-electron chi connectivity index (χ3n) is 4.38. The fourth-order valence-electron chi connectivity index (χ4n) is 3.06. The molecule has 0 N–H and O–H groups in total. The lowest BCUT2D eigenvalue weighted by atomic mass is 9.96. The Hall–Kier alpha value is -3.34. The number of imidazole rings is 1. The molecular weight excluding hydrogens is 324 g/mol. The van der Waals surface area contributed by atoms with Crippen LogP contribution in [-0.4, -0.2) is 25.3 Å². The van der Waals surface area contributed by atoms with E-state index in [0.717, 1.165) is 11.2 Å². The fourth-order valence-corrected chi connectivity index (χ4v) is 3.06. The number of hydrogen-bond donors (Lipinski definition) is 0. The molecule has 0 saturated heterocycles. The van der Waals surface area contributed by atoms with E-state index in [9.17, 15) is 4.79 Å². The van der Waals surface area contributed by atoms with Gasteiger partial charge < -0.3 is 4.57 Å². The largest absolute Gasteiger partial charge is 0.313 e. The van der Waals surface area contributed by atoms with Crippen molar-refractivity contribution in [3.05, 3.63) is 78.4 Å². The van der Waals surface area contributed by atoms with Crippen LogP contribution in [0.15, 0.2) is 67.3 Å². The molecule has 0 saturated carbocycles. The maximum Gasteiger partial charge on any atom is 0.193 e. The van der Waals surface area contributed by atoms with Gasteiger partial charge in [0.2, 0.25) is 0 Å². The summed E-state index contributed by atoms with van der Waals surface area (Å²) in [4.78, 5) is 26.4. The van der Waals surface area contributed by atoms with Gasteiger partial charge in [0, 0.05) is 22.7 Å². The Morgan fingerprint density at radius 3 is 2.42 bits per heavy atom. The standard InChI is InChI=1S/C21H18N4O/c1-14(2)25-13-24-19-18(22-12-23-21(19)25)16-10-6-7-11-17(16)20(26)15-8-4-3-5-9-15/h3-14H,1-2H3. The maximum atomic E-state index is 13.0. The van der Waals surface area contributed by atoms with Gasteiger partial charge in [-0.2, -0.15) is 0 Å². The smallest absolute Gasteiger partial charge is 0.193 e. The Bertz CT molecular complexity index is 1080. The van der Waals surface area contributed by atoms with Gasteiger partial charge in [-0.3, -0.25) is 4.79 Å². The highest BCUT2D eigenvalue weighted by atomic mass is 16.1. The van der Waals surface area contributed by atoms with Crippen LogP contribution in [0, 0.1) is 0 Å². The molecule has 0 radical (unpaired) electrons. The molecule has 0 spiro atoms. The van der Waals surface area contributed by atoms with Crippen LogP contribution >= 0.6 is 0 Å². The lowest BCUT2D eigenvalue weighted by Crippen LogP contribution is -2.05. The molecule has 4 rings (SSSR count). The zero-order valence-corrected chi connectivity index (χ0v) is 14.6. The summed E-state index contributed by atoms with van der Waals surface area (Å²) in [5, 5.41) is 0. The number of carbonyl (C=O) groups is 1. The first-order chi connectivity index (χ1) is 12.7. The van der Waals surface area contributed by atoms with Crippen molar-refractivity contribution >= 4 is 16.9 Å². The van der Waals surface area contributed by atoms with E-state index in [-0.39, 0.29) is 11.8 Å². The van der Waals surface area contributed by atoms with Gasteiger partial charge in [-0.1, -0.05) is 54.6 Å². The van der Waals surface area contributed by atoms with E-state index >= 15 is 0 Å². The van der Waals surface area contributed by atoms with Crippen molar-refractivity contribution in [2.75, 3.05) is 0 Å². The van der Waals surface area contributed by atoms with Gasteiger partial charge >= 0.3 is 0 Å². The highest BCUT2D eigenvalue weighted by molar-refractivity contribution is 6.13. The molecule has 2 aromatic heterocycles.